The molecule has 1 amide bonds. The highest BCUT2D eigenvalue weighted by molar-refractivity contribution is 6.01. The Morgan fingerprint density at radius 3 is 3.00 bits per heavy atom. The van der Waals surface area contributed by atoms with Gasteiger partial charge in [0.15, 0.2) is 0 Å². The summed E-state index contributed by atoms with van der Waals surface area (Å²) in [7, 11) is 0. The van der Waals surface area contributed by atoms with Crippen molar-refractivity contribution in [3.63, 3.8) is 0 Å². The van der Waals surface area contributed by atoms with Gasteiger partial charge in [0.05, 0.1) is 23.0 Å². The Bertz CT molecular complexity index is 428. The molecule has 0 aliphatic carbocycles. The Morgan fingerprint density at radius 1 is 1.50 bits per heavy atom. The Kier molecular flexibility index (Phi) is 4.04. The van der Waals surface area contributed by atoms with Crippen LogP contribution in [0.15, 0.2) is 18.2 Å². The van der Waals surface area contributed by atoms with E-state index in [4.69, 9.17) is 16.2 Å². The number of benzene rings is 1. The van der Waals surface area contributed by atoms with Gasteiger partial charge >= 0.3 is 0 Å². The van der Waals surface area contributed by atoms with Crippen LogP contribution in [0.25, 0.3) is 0 Å². The van der Waals surface area contributed by atoms with Crippen molar-refractivity contribution in [3.8, 4) is 0 Å². The van der Waals surface area contributed by atoms with Gasteiger partial charge in [0.2, 0.25) is 0 Å². The third kappa shape index (κ3) is 2.92. The largest absolute Gasteiger partial charge is 0.397 e. The molecule has 5 nitrogen and oxygen atoms in total. The molecule has 0 saturated carbocycles. The van der Waals surface area contributed by atoms with E-state index in [1.165, 1.54) is 0 Å². The van der Waals surface area contributed by atoms with Crippen LogP contribution in [0.3, 0.4) is 0 Å². The van der Waals surface area contributed by atoms with Gasteiger partial charge in [0, 0.05) is 13.2 Å². The number of carbonyl (C=O) groups is 1. The van der Waals surface area contributed by atoms with E-state index in [0.29, 0.717) is 23.0 Å². The highest BCUT2D eigenvalue weighted by Crippen LogP contribution is 2.23. The van der Waals surface area contributed by atoms with E-state index in [1.807, 2.05) is 0 Å². The highest BCUT2D eigenvalue weighted by Gasteiger charge is 2.16. The van der Waals surface area contributed by atoms with Gasteiger partial charge in [-0.15, -0.1) is 0 Å². The normalized spacial score (nSPS) is 18.8. The van der Waals surface area contributed by atoms with E-state index < -0.39 is 5.91 Å². The first-order valence-corrected chi connectivity index (χ1v) is 6.22. The molecule has 1 aromatic carbocycles. The van der Waals surface area contributed by atoms with Crippen LogP contribution in [-0.2, 0) is 4.74 Å². The monoisotopic (exact) mass is 249 g/mol. The van der Waals surface area contributed by atoms with Gasteiger partial charge in [-0.3, -0.25) is 4.79 Å². The molecule has 5 heteroatoms. The number of ether oxygens (including phenoxy) is 1. The number of rotatable bonds is 5. The molecule has 98 valence electrons. The molecule has 0 aromatic heterocycles. The zero-order chi connectivity index (χ0) is 13.0. The van der Waals surface area contributed by atoms with E-state index in [0.717, 1.165) is 32.4 Å². The molecule has 0 bridgehead atoms. The molecular weight excluding hydrogens is 230 g/mol. The number of amides is 1. The lowest BCUT2D eigenvalue weighted by Crippen LogP contribution is -2.18. The quantitative estimate of drug-likeness (QED) is 0.687. The molecule has 1 aliphatic rings. The predicted molar refractivity (Wildman–Crippen MR) is 71.5 cm³/mol. The minimum absolute atomic E-state index is 0.319. The van der Waals surface area contributed by atoms with Crippen LogP contribution in [0.2, 0.25) is 0 Å². The second-order valence-corrected chi connectivity index (χ2v) is 4.48. The lowest BCUT2D eigenvalue weighted by Gasteiger charge is -2.14. The molecule has 1 aliphatic heterocycles. The van der Waals surface area contributed by atoms with Crippen LogP contribution in [-0.4, -0.2) is 25.2 Å². The van der Waals surface area contributed by atoms with E-state index in [9.17, 15) is 4.79 Å². The average Bonchev–Trinajstić information content (AvgIpc) is 2.84. The lowest BCUT2D eigenvalue weighted by molar-refractivity contribution is 0.100. The third-order valence-electron chi connectivity index (χ3n) is 3.15. The Balaban J connectivity index is 1.97. The summed E-state index contributed by atoms with van der Waals surface area (Å²) in [6, 6.07) is 5.15. The van der Waals surface area contributed by atoms with Crippen LogP contribution in [0.1, 0.15) is 29.6 Å². The zero-order valence-electron chi connectivity index (χ0n) is 10.3. The van der Waals surface area contributed by atoms with Gasteiger partial charge in [0.25, 0.3) is 5.91 Å². The zero-order valence-corrected chi connectivity index (χ0v) is 10.3. The van der Waals surface area contributed by atoms with Crippen LogP contribution >= 0.6 is 0 Å². The number of anilines is 2. The Hall–Kier alpha value is -1.75. The number of primary amides is 1. The molecule has 0 spiro atoms. The third-order valence-corrected chi connectivity index (χ3v) is 3.15. The van der Waals surface area contributed by atoms with Crippen LogP contribution in [0.4, 0.5) is 11.4 Å². The average molecular weight is 249 g/mol. The van der Waals surface area contributed by atoms with Gasteiger partial charge in [-0.2, -0.15) is 0 Å². The molecule has 2 rings (SSSR count). The molecule has 1 aromatic rings. The van der Waals surface area contributed by atoms with Crippen LogP contribution in [0, 0.1) is 0 Å². The fraction of sp³-hybridized carbons (Fsp3) is 0.462. The molecule has 5 N–H and O–H groups in total. The van der Waals surface area contributed by atoms with E-state index in [1.54, 1.807) is 18.2 Å². The first-order chi connectivity index (χ1) is 8.68. The Labute approximate surface area is 106 Å². The van der Waals surface area contributed by atoms with Crippen molar-refractivity contribution in [2.24, 2.45) is 5.73 Å². The minimum Gasteiger partial charge on any atom is -0.397 e. The number of nitrogens with one attached hydrogen (secondary N) is 1. The molecule has 1 saturated heterocycles. The van der Waals surface area contributed by atoms with E-state index >= 15 is 0 Å². The highest BCUT2D eigenvalue weighted by atomic mass is 16.5. The molecule has 1 atom stereocenters. The standard InChI is InChI=1S/C13H19N3O2/c14-11-5-1-4-10(13(15)17)12(11)16-7-6-9-3-2-8-18-9/h1,4-5,9,16H,2-3,6-8,14H2,(H2,15,17). The summed E-state index contributed by atoms with van der Waals surface area (Å²) in [4.78, 5) is 11.3. The van der Waals surface area contributed by atoms with E-state index in [-0.39, 0.29) is 0 Å². The maximum absolute atomic E-state index is 11.3. The summed E-state index contributed by atoms with van der Waals surface area (Å²) in [6.07, 6.45) is 3.46. The van der Waals surface area contributed by atoms with Crippen molar-refractivity contribution in [2.45, 2.75) is 25.4 Å². The summed E-state index contributed by atoms with van der Waals surface area (Å²) in [5, 5.41) is 3.18. The number of nitrogen functional groups attached to an aromatic ring is 1. The second-order valence-electron chi connectivity index (χ2n) is 4.48. The van der Waals surface area contributed by atoms with Crippen molar-refractivity contribution >= 4 is 17.3 Å². The van der Waals surface area contributed by atoms with Crippen molar-refractivity contribution < 1.29 is 9.53 Å². The summed E-state index contributed by atoms with van der Waals surface area (Å²) >= 11 is 0. The fourth-order valence-corrected chi connectivity index (χ4v) is 2.20. The number of nitrogens with two attached hydrogens (primary N) is 2. The van der Waals surface area contributed by atoms with Crippen LogP contribution < -0.4 is 16.8 Å². The van der Waals surface area contributed by atoms with Crippen molar-refractivity contribution in [1.29, 1.82) is 0 Å². The summed E-state index contributed by atoms with van der Waals surface area (Å²) in [6.45, 7) is 1.57. The van der Waals surface area contributed by atoms with Gasteiger partial charge in [-0.1, -0.05) is 6.07 Å². The van der Waals surface area contributed by atoms with E-state index in [2.05, 4.69) is 5.32 Å². The molecule has 1 fully saturated rings. The number of hydrogen-bond donors (Lipinski definition) is 3. The summed E-state index contributed by atoms with van der Waals surface area (Å²) in [5.74, 6) is -0.470. The Morgan fingerprint density at radius 2 is 2.33 bits per heavy atom. The van der Waals surface area contributed by atoms with Gasteiger partial charge in [-0.25, -0.2) is 0 Å². The number of para-hydroxylation sites is 1. The second kappa shape index (κ2) is 5.73. The maximum Gasteiger partial charge on any atom is 0.250 e. The molecule has 18 heavy (non-hydrogen) atoms. The van der Waals surface area contributed by atoms with Crippen LogP contribution in [0.5, 0.6) is 0 Å². The first-order valence-electron chi connectivity index (χ1n) is 6.22. The molecule has 0 radical (unpaired) electrons. The predicted octanol–water partition coefficient (Wildman–Crippen LogP) is 1.35. The number of carbonyl (C=O) groups excluding carboxylic acids is 1. The van der Waals surface area contributed by atoms with Crippen molar-refractivity contribution in [1.82, 2.24) is 0 Å². The van der Waals surface area contributed by atoms with Crippen molar-refractivity contribution in [2.75, 3.05) is 24.2 Å². The molecule has 1 heterocycles. The minimum atomic E-state index is -0.470. The van der Waals surface area contributed by atoms with Gasteiger partial charge in [0.1, 0.15) is 0 Å². The van der Waals surface area contributed by atoms with Gasteiger partial charge in [-0.05, 0) is 31.4 Å². The lowest BCUT2D eigenvalue weighted by atomic mass is 10.1. The number of hydrogen-bond acceptors (Lipinski definition) is 4. The fourth-order valence-electron chi connectivity index (χ4n) is 2.20. The first kappa shape index (κ1) is 12.7. The van der Waals surface area contributed by atoms with Crippen molar-refractivity contribution in [3.05, 3.63) is 23.8 Å². The smallest absolute Gasteiger partial charge is 0.250 e. The summed E-state index contributed by atoms with van der Waals surface area (Å²) < 4.78 is 5.54. The molecular formula is C13H19N3O2. The molecule has 1 unspecified atom stereocenters. The van der Waals surface area contributed by atoms with Gasteiger partial charge < -0.3 is 21.5 Å². The topological polar surface area (TPSA) is 90.4 Å². The SMILES string of the molecule is NC(=O)c1cccc(N)c1NCCC1CCCO1. The maximum atomic E-state index is 11.3. The summed E-state index contributed by atoms with van der Waals surface area (Å²) in [5.41, 5.74) is 12.8.